The molecule has 1 saturated heterocycles. The Bertz CT molecular complexity index is 994. The number of anilines is 1. The van der Waals surface area contributed by atoms with Crippen LogP contribution in [0.4, 0.5) is 5.69 Å². The van der Waals surface area contributed by atoms with Crippen molar-refractivity contribution in [2.45, 2.75) is 44.8 Å². The van der Waals surface area contributed by atoms with Crippen LogP contribution in [0.1, 0.15) is 50.5 Å². The van der Waals surface area contributed by atoms with Gasteiger partial charge < -0.3 is 20.1 Å². The highest BCUT2D eigenvalue weighted by atomic mass is 32.1. The first kappa shape index (κ1) is 21.4. The van der Waals surface area contributed by atoms with Crippen molar-refractivity contribution in [2.24, 2.45) is 0 Å². The quantitative estimate of drug-likeness (QED) is 0.400. The van der Waals surface area contributed by atoms with Gasteiger partial charge in [0.2, 0.25) is 0 Å². The Labute approximate surface area is 190 Å². The van der Waals surface area contributed by atoms with Gasteiger partial charge in [-0.25, -0.2) is 0 Å². The summed E-state index contributed by atoms with van der Waals surface area (Å²) >= 11 is 5.78. The minimum absolute atomic E-state index is 0.0339. The van der Waals surface area contributed by atoms with E-state index in [-0.39, 0.29) is 17.6 Å². The van der Waals surface area contributed by atoms with Gasteiger partial charge in [0.15, 0.2) is 5.11 Å². The van der Waals surface area contributed by atoms with E-state index in [1.807, 2.05) is 24.4 Å². The zero-order valence-corrected chi connectivity index (χ0v) is 19.3. The van der Waals surface area contributed by atoms with E-state index in [9.17, 15) is 0 Å². The summed E-state index contributed by atoms with van der Waals surface area (Å²) in [6.45, 7) is 8.43. The second kappa shape index (κ2) is 9.10. The lowest BCUT2D eigenvalue weighted by molar-refractivity contribution is 0.314. The second-order valence-corrected chi connectivity index (χ2v) is 9.38. The lowest BCUT2D eigenvalue weighted by atomic mass is 9.99. The molecule has 0 saturated carbocycles. The molecule has 0 unspecified atom stereocenters. The molecule has 1 aromatic carbocycles. The minimum atomic E-state index is 0.0339. The van der Waals surface area contributed by atoms with Crippen molar-refractivity contribution in [1.82, 2.24) is 19.8 Å². The van der Waals surface area contributed by atoms with E-state index in [2.05, 4.69) is 94.6 Å². The van der Waals surface area contributed by atoms with Crippen LogP contribution in [0.5, 0.6) is 0 Å². The maximum Gasteiger partial charge on any atom is 0.170 e. The fourth-order valence-corrected chi connectivity index (χ4v) is 4.38. The third-order valence-electron chi connectivity index (χ3n) is 5.71. The summed E-state index contributed by atoms with van der Waals surface area (Å²) in [5, 5.41) is 7.83. The first-order chi connectivity index (χ1) is 14.9. The van der Waals surface area contributed by atoms with Gasteiger partial charge in [-0.2, -0.15) is 0 Å². The van der Waals surface area contributed by atoms with E-state index in [1.54, 1.807) is 0 Å². The fraction of sp³-hybridized carbons (Fsp3) is 0.360. The molecule has 2 aromatic heterocycles. The molecule has 3 aromatic rings. The van der Waals surface area contributed by atoms with Crippen LogP contribution in [0.3, 0.4) is 0 Å². The van der Waals surface area contributed by atoms with Gasteiger partial charge in [0.1, 0.15) is 0 Å². The molecule has 0 bridgehead atoms. The number of thiocarbonyl (C=S) groups is 1. The zero-order chi connectivity index (χ0) is 21.8. The molecular formula is C25H31N5S. The molecule has 1 aliphatic heterocycles. The van der Waals surface area contributed by atoms with E-state index in [1.165, 1.54) is 5.56 Å². The molecule has 1 fully saturated rings. The number of hydrogen-bond acceptors (Lipinski definition) is 3. The predicted octanol–water partition coefficient (Wildman–Crippen LogP) is 5.11. The molecule has 1 aliphatic rings. The Balaban J connectivity index is 1.53. The van der Waals surface area contributed by atoms with Crippen molar-refractivity contribution in [2.75, 3.05) is 18.4 Å². The number of para-hydroxylation sites is 1. The summed E-state index contributed by atoms with van der Waals surface area (Å²) in [5.41, 5.74) is 3.46. The molecule has 2 N–H and O–H groups in total. The molecule has 162 valence electrons. The third kappa shape index (κ3) is 4.90. The maximum atomic E-state index is 5.78. The van der Waals surface area contributed by atoms with E-state index >= 15 is 0 Å². The van der Waals surface area contributed by atoms with Crippen molar-refractivity contribution in [1.29, 1.82) is 0 Å². The smallest absolute Gasteiger partial charge is 0.170 e. The summed E-state index contributed by atoms with van der Waals surface area (Å²) in [6, 6.07) is 18.8. The van der Waals surface area contributed by atoms with Crippen LogP contribution in [0.15, 0.2) is 73.2 Å². The first-order valence-corrected chi connectivity index (χ1v) is 11.3. The third-order valence-corrected chi connectivity index (χ3v) is 6.06. The van der Waals surface area contributed by atoms with Crippen LogP contribution in [-0.2, 0) is 5.54 Å². The number of nitrogens with one attached hydrogen (secondary N) is 2. The number of benzene rings is 1. The van der Waals surface area contributed by atoms with Gasteiger partial charge in [-0.05, 0) is 75.3 Å². The fourth-order valence-electron chi connectivity index (χ4n) is 4.05. The average molecular weight is 434 g/mol. The molecule has 0 amide bonds. The molecule has 0 radical (unpaired) electrons. The number of pyridine rings is 1. The largest absolute Gasteiger partial charge is 0.385 e. The van der Waals surface area contributed by atoms with Crippen molar-refractivity contribution < 1.29 is 0 Å². The SMILES string of the molecule is CC(C)(C)n1ccc([C@H]2[C@@H](c3ccccn3)NC(=S)N2CCCNc2ccccc2)c1. The van der Waals surface area contributed by atoms with Crippen LogP contribution in [-0.4, -0.2) is 32.7 Å². The van der Waals surface area contributed by atoms with Gasteiger partial charge in [0.25, 0.3) is 0 Å². The van der Waals surface area contributed by atoms with Crippen LogP contribution in [0, 0.1) is 0 Å². The molecular weight excluding hydrogens is 402 g/mol. The summed E-state index contributed by atoms with van der Waals surface area (Å²) in [4.78, 5) is 6.95. The van der Waals surface area contributed by atoms with Crippen molar-refractivity contribution in [3.8, 4) is 0 Å². The van der Waals surface area contributed by atoms with Gasteiger partial charge in [-0.15, -0.1) is 0 Å². The number of hydrogen-bond donors (Lipinski definition) is 2. The first-order valence-electron chi connectivity index (χ1n) is 10.9. The number of rotatable bonds is 7. The Morgan fingerprint density at radius 3 is 2.52 bits per heavy atom. The van der Waals surface area contributed by atoms with Crippen molar-refractivity contribution in [3.63, 3.8) is 0 Å². The Hall–Kier alpha value is -2.86. The van der Waals surface area contributed by atoms with Crippen molar-refractivity contribution in [3.05, 3.63) is 84.4 Å². The molecule has 0 spiro atoms. The van der Waals surface area contributed by atoms with Gasteiger partial charge in [0.05, 0.1) is 17.8 Å². The van der Waals surface area contributed by atoms with E-state index in [0.717, 1.165) is 36.0 Å². The maximum absolute atomic E-state index is 5.78. The number of aromatic nitrogens is 2. The highest BCUT2D eigenvalue weighted by molar-refractivity contribution is 7.80. The highest BCUT2D eigenvalue weighted by Gasteiger charge is 2.40. The minimum Gasteiger partial charge on any atom is -0.385 e. The average Bonchev–Trinajstić information content (AvgIpc) is 3.37. The highest BCUT2D eigenvalue weighted by Crippen LogP contribution is 2.39. The van der Waals surface area contributed by atoms with Crippen LogP contribution < -0.4 is 10.6 Å². The van der Waals surface area contributed by atoms with Crippen molar-refractivity contribution >= 4 is 23.0 Å². The van der Waals surface area contributed by atoms with E-state index < -0.39 is 0 Å². The Kier molecular flexibility index (Phi) is 6.28. The van der Waals surface area contributed by atoms with Gasteiger partial charge >= 0.3 is 0 Å². The van der Waals surface area contributed by atoms with Gasteiger partial charge in [0, 0.05) is 42.9 Å². The molecule has 5 nitrogen and oxygen atoms in total. The predicted molar refractivity (Wildman–Crippen MR) is 131 cm³/mol. The van der Waals surface area contributed by atoms with Crippen LogP contribution in [0.2, 0.25) is 0 Å². The molecule has 2 atom stereocenters. The van der Waals surface area contributed by atoms with E-state index in [0.29, 0.717) is 0 Å². The summed E-state index contributed by atoms with van der Waals surface area (Å²) in [5.74, 6) is 0. The van der Waals surface area contributed by atoms with Crippen LogP contribution in [0.25, 0.3) is 0 Å². The zero-order valence-electron chi connectivity index (χ0n) is 18.5. The topological polar surface area (TPSA) is 45.1 Å². The molecule has 3 heterocycles. The van der Waals surface area contributed by atoms with Gasteiger partial charge in [-0.1, -0.05) is 24.3 Å². The molecule has 31 heavy (non-hydrogen) atoms. The number of nitrogens with zero attached hydrogens (tertiary/aromatic N) is 3. The Morgan fingerprint density at radius 1 is 1.06 bits per heavy atom. The summed E-state index contributed by atoms with van der Waals surface area (Å²) in [7, 11) is 0. The summed E-state index contributed by atoms with van der Waals surface area (Å²) in [6.07, 6.45) is 7.26. The Morgan fingerprint density at radius 2 is 1.84 bits per heavy atom. The lowest BCUT2D eigenvalue weighted by Gasteiger charge is -2.28. The standard InChI is InChI=1S/C25H31N5S/c1-25(2,3)29-17-13-19(18-29)23-22(21-12-7-8-14-27-21)28-24(31)30(23)16-9-15-26-20-10-5-4-6-11-20/h4-8,10-14,17-18,22-23,26H,9,15-16H2,1-3H3,(H,28,31)/t22-,23+/m1/s1. The monoisotopic (exact) mass is 433 g/mol. The van der Waals surface area contributed by atoms with E-state index in [4.69, 9.17) is 12.2 Å². The van der Waals surface area contributed by atoms with Crippen LogP contribution >= 0.6 is 12.2 Å². The normalized spacial score (nSPS) is 18.8. The summed E-state index contributed by atoms with van der Waals surface area (Å²) < 4.78 is 2.27. The molecule has 4 rings (SSSR count). The molecule has 6 heteroatoms. The van der Waals surface area contributed by atoms with Gasteiger partial charge in [-0.3, -0.25) is 4.98 Å². The second-order valence-electron chi connectivity index (χ2n) is 8.99. The lowest BCUT2D eigenvalue weighted by Crippen LogP contribution is -2.31. The molecule has 0 aliphatic carbocycles.